The molecule has 1 aliphatic heterocycles. The number of hydrogen-bond donors (Lipinski definition) is 1. The first-order valence-electron chi connectivity index (χ1n) is 8.02. The highest BCUT2D eigenvalue weighted by atomic mass is 19.1. The molecular formula is C19H20FNO3. The molecule has 1 aliphatic rings. The maximum absolute atomic E-state index is 12.9. The fraction of sp³-hybridized carbons (Fsp3) is 0.316. The van der Waals surface area contributed by atoms with E-state index in [0.29, 0.717) is 32.6 Å². The summed E-state index contributed by atoms with van der Waals surface area (Å²) in [6, 6.07) is 10.1. The summed E-state index contributed by atoms with van der Waals surface area (Å²) in [6.45, 7) is 3.54. The van der Waals surface area contributed by atoms with E-state index in [9.17, 15) is 9.18 Å². The van der Waals surface area contributed by atoms with Crippen molar-refractivity contribution in [2.45, 2.75) is 26.3 Å². The number of amides is 1. The van der Waals surface area contributed by atoms with Crippen molar-refractivity contribution in [3.8, 4) is 11.5 Å². The predicted octanol–water partition coefficient (Wildman–Crippen LogP) is 3.15. The third-order valence-electron chi connectivity index (χ3n) is 4.03. The first-order valence-corrected chi connectivity index (χ1v) is 8.02. The number of fused-ring (bicyclic) bond motifs is 1. The van der Waals surface area contributed by atoms with E-state index in [2.05, 4.69) is 5.32 Å². The minimum Gasteiger partial charge on any atom is -0.486 e. The second kappa shape index (κ2) is 7.34. The van der Waals surface area contributed by atoms with Crippen LogP contribution in [0.1, 0.15) is 23.1 Å². The second-order valence-corrected chi connectivity index (χ2v) is 5.83. The van der Waals surface area contributed by atoms with Gasteiger partial charge in [-0.15, -0.1) is 0 Å². The highest BCUT2D eigenvalue weighted by molar-refractivity contribution is 5.76. The minimum absolute atomic E-state index is 0.0337. The SMILES string of the molecule is Cc1cc2c(cc1CNC(=O)CCc1ccc(F)cc1)OCCO2. The molecule has 0 aromatic heterocycles. The van der Waals surface area contributed by atoms with Gasteiger partial charge in [0.2, 0.25) is 5.91 Å². The first-order chi connectivity index (χ1) is 11.6. The van der Waals surface area contributed by atoms with Crippen LogP contribution in [0.5, 0.6) is 11.5 Å². The van der Waals surface area contributed by atoms with Gasteiger partial charge in [-0.3, -0.25) is 4.79 Å². The number of carbonyl (C=O) groups excluding carboxylic acids is 1. The van der Waals surface area contributed by atoms with Gasteiger partial charge in [-0.1, -0.05) is 12.1 Å². The lowest BCUT2D eigenvalue weighted by molar-refractivity contribution is -0.121. The van der Waals surface area contributed by atoms with Crippen molar-refractivity contribution in [3.63, 3.8) is 0 Å². The van der Waals surface area contributed by atoms with Gasteiger partial charge < -0.3 is 14.8 Å². The van der Waals surface area contributed by atoms with Gasteiger partial charge in [0, 0.05) is 13.0 Å². The summed E-state index contributed by atoms with van der Waals surface area (Å²) >= 11 is 0. The van der Waals surface area contributed by atoms with Crippen molar-refractivity contribution < 1.29 is 18.7 Å². The Bertz CT molecular complexity index is 728. The predicted molar refractivity (Wildman–Crippen MR) is 88.7 cm³/mol. The fourth-order valence-electron chi connectivity index (χ4n) is 2.61. The summed E-state index contributed by atoms with van der Waals surface area (Å²) < 4.78 is 24.0. The van der Waals surface area contributed by atoms with Gasteiger partial charge in [-0.05, 0) is 54.3 Å². The van der Waals surface area contributed by atoms with E-state index in [1.54, 1.807) is 12.1 Å². The molecule has 4 nitrogen and oxygen atoms in total. The molecule has 0 saturated carbocycles. The third kappa shape index (κ3) is 4.04. The molecule has 3 rings (SSSR count). The highest BCUT2D eigenvalue weighted by Crippen LogP contribution is 2.32. The van der Waals surface area contributed by atoms with Gasteiger partial charge in [0.15, 0.2) is 11.5 Å². The van der Waals surface area contributed by atoms with Crippen molar-refractivity contribution >= 4 is 5.91 Å². The highest BCUT2D eigenvalue weighted by Gasteiger charge is 2.14. The minimum atomic E-state index is -0.266. The van der Waals surface area contributed by atoms with Crippen molar-refractivity contribution in [2.75, 3.05) is 13.2 Å². The van der Waals surface area contributed by atoms with Gasteiger partial charge in [0.1, 0.15) is 19.0 Å². The zero-order valence-electron chi connectivity index (χ0n) is 13.6. The second-order valence-electron chi connectivity index (χ2n) is 5.83. The lowest BCUT2D eigenvalue weighted by atomic mass is 10.1. The van der Waals surface area contributed by atoms with E-state index < -0.39 is 0 Å². The molecular weight excluding hydrogens is 309 g/mol. The van der Waals surface area contributed by atoms with Crippen LogP contribution in [0.15, 0.2) is 36.4 Å². The molecule has 1 amide bonds. The molecule has 1 N–H and O–H groups in total. The summed E-state index contributed by atoms with van der Waals surface area (Å²) in [4.78, 5) is 12.0. The monoisotopic (exact) mass is 329 g/mol. The van der Waals surface area contributed by atoms with Gasteiger partial charge >= 0.3 is 0 Å². The summed E-state index contributed by atoms with van der Waals surface area (Å²) in [5, 5.41) is 2.92. The van der Waals surface area contributed by atoms with Gasteiger partial charge in [-0.2, -0.15) is 0 Å². The molecule has 126 valence electrons. The smallest absolute Gasteiger partial charge is 0.220 e. The van der Waals surface area contributed by atoms with Crippen molar-refractivity contribution in [1.82, 2.24) is 5.32 Å². The van der Waals surface area contributed by atoms with E-state index in [4.69, 9.17) is 9.47 Å². The van der Waals surface area contributed by atoms with Gasteiger partial charge in [-0.25, -0.2) is 4.39 Å². The Morgan fingerprint density at radius 1 is 1.12 bits per heavy atom. The quantitative estimate of drug-likeness (QED) is 0.917. The maximum atomic E-state index is 12.9. The Morgan fingerprint density at radius 3 is 2.50 bits per heavy atom. The number of rotatable bonds is 5. The number of benzene rings is 2. The molecule has 0 unspecified atom stereocenters. The molecule has 0 aliphatic carbocycles. The molecule has 2 aromatic carbocycles. The number of aryl methyl sites for hydroxylation is 2. The van der Waals surface area contributed by atoms with Crippen LogP contribution in [-0.4, -0.2) is 19.1 Å². The summed E-state index contributed by atoms with van der Waals surface area (Å²) in [5.74, 6) is 1.18. The van der Waals surface area contributed by atoms with E-state index in [0.717, 1.165) is 28.2 Å². The summed E-state index contributed by atoms with van der Waals surface area (Å²) in [6.07, 6.45) is 0.960. The van der Waals surface area contributed by atoms with Crippen LogP contribution >= 0.6 is 0 Å². The van der Waals surface area contributed by atoms with Crippen LogP contribution in [0, 0.1) is 12.7 Å². The summed E-state index contributed by atoms with van der Waals surface area (Å²) in [7, 11) is 0. The van der Waals surface area contributed by atoms with E-state index in [1.165, 1.54) is 12.1 Å². The van der Waals surface area contributed by atoms with Crippen LogP contribution in [-0.2, 0) is 17.8 Å². The summed E-state index contributed by atoms with van der Waals surface area (Å²) in [5.41, 5.74) is 3.01. The molecule has 0 fully saturated rings. The average molecular weight is 329 g/mol. The molecule has 0 spiro atoms. The standard InChI is InChI=1S/C19H20FNO3/c1-13-10-17-18(24-9-8-23-17)11-15(13)12-21-19(22)7-4-14-2-5-16(20)6-3-14/h2-3,5-6,10-11H,4,7-9,12H2,1H3,(H,21,22). The average Bonchev–Trinajstić information content (AvgIpc) is 2.59. The molecule has 24 heavy (non-hydrogen) atoms. The van der Waals surface area contributed by atoms with Gasteiger partial charge in [0.25, 0.3) is 0 Å². The molecule has 5 heteroatoms. The Balaban J connectivity index is 1.53. The lowest BCUT2D eigenvalue weighted by Gasteiger charge is -2.20. The zero-order valence-corrected chi connectivity index (χ0v) is 13.6. The van der Waals surface area contributed by atoms with E-state index >= 15 is 0 Å². The molecule has 0 atom stereocenters. The molecule has 2 aromatic rings. The third-order valence-corrected chi connectivity index (χ3v) is 4.03. The van der Waals surface area contributed by atoms with Crippen molar-refractivity contribution in [2.24, 2.45) is 0 Å². The normalized spacial score (nSPS) is 12.8. The number of hydrogen-bond acceptors (Lipinski definition) is 3. The molecule has 0 radical (unpaired) electrons. The van der Waals surface area contributed by atoms with Crippen LogP contribution in [0.4, 0.5) is 4.39 Å². The van der Waals surface area contributed by atoms with Crippen LogP contribution in [0.2, 0.25) is 0 Å². The number of halogens is 1. The molecule has 0 saturated heterocycles. The van der Waals surface area contributed by atoms with Crippen molar-refractivity contribution in [3.05, 3.63) is 58.9 Å². The lowest BCUT2D eigenvalue weighted by Crippen LogP contribution is -2.24. The number of nitrogens with one attached hydrogen (secondary N) is 1. The Kier molecular flexibility index (Phi) is 4.99. The molecule has 0 bridgehead atoms. The largest absolute Gasteiger partial charge is 0.486 e. The number of ether oxygens (including phenoxy) is 2. The van der Waals surface area contributed by atoms with Crippen molar-refractivity contribution in [1.29, 1.82) is 0 Å². The van der Waals surface area contributed by atoms with Crippen LogP contribution in [0.25, 0.3) is 0 Å². The van der Waals surface area contributed by atoms with Crippen LogP contribution in [0.3, 0.4) is 0 Å². The first kappa shape index (κ1) is 16.3. The Labute approximate surface area is 140 Å². The van der Waals surface area contributed by atoms with E-state index in [-0.39, 0.29) is 11.7 Å². The van der Waals surface area contributed by atoms with Crippen LogP contribution < -0.4 is 14.8 Å². The molecule has 1 heterocycles. The maximum Gasteiger partial charge on any atom is 0.220 e. The van der Waals surface area contributed by atoms with E-state index in [1.807, 2.05) is 19.1 Å². The topological polar surface area (TPSA) is 47.6 Å². The zero-order chi connectivity index (χ0) is 16.9. The Morgan fingerprint density at radius 2 is 1.79 bits per heavy atom. The number of carbonyl (C=O) groups is 1. The Hall–Kier alpha value is -2.56. The fourth-order valence-corrected chi connectivity index (χ4v) is 2.61. The van der Waals surface area contributed by atoms with Gasteiger partial charge in [0.05, 0.1) is 0 Å².